The van der Waals surface area contributed by atoms with Gasteiger partial charge in [-0.3, -0.25) is 14.5 Å². The van der Waals surface area contributed by atoms with Crippen molar-refractivity contribution in [2.24, 2.45) is 0 Å². The molecule has 6 rings (SSSR count). The molecule has 2 aliphatic heterocycles. The number of carbonyl (C=O) groups excluding carboxylic acids is 2. The van der Waals surface area contributed by atoms with E-state index in [1.807, 2.05) is 63.2 Å². The summed E-state index contributed by atoms with van der Waals surface area (Å²) in [4.78, 5) is 33.7. The molecular formula is C33H32N2O5S. The van der Waals surface area contributed by atoms with Gasteiger partial charge in [-0.05, 0) is 85.8 Å². The van der Waals surface area contributed by atoms with Gasteiger partial charge in [-0.2, -0.15) is 0 Å². The topological polar surface area (TPSA) is 89.0 Å². The molecule has 8 heteroatoms. The molecule has 3 aromatic carbocycles. The van der Waals surface area contributed by atoms with E-state index in [1.165, 1.54) is 16.2 Å². The van der Waals surface area contributed by atoms with Crippen LogP contribution in [0.25, 0.3) is 16.0 Å². The average molecular weight is 569 g/mol. The van der Waals surface area contributed by atoms with Crippen molar-refractivity contribution in [3.05, 3.63) is 88.0 Å². The van der Waals surface area contributed by atoms with Crippen LogP contribution in [-0.4, -0.2) is 34.5 Å². The number of Topliss-reactive ketones (excluding diaryl/α,β-unsaturated/α-hetero) is 1. The zero-order valence-corrected chi connectivity index (χ0v) is 24.4. The van der Waals surface area contributed by atoms with Gasteiger partial charge in [-0.25, -0.2) is 4.98 Å². The predicted molar refractivity (Wildman–Crippen MR) is 161 cm³/mol. The molecule has 0 spiro atoms. The summed E-state index contributed by atoms with van der Waals surface area (Å²) in [6.07, 6.45) is 2.65. The number of amides is 1. The quantitative estimate of drug-likeness (QED) is 0.111. The number of rotatable bonds is 7. The standard InChI is InChI=1S/C33H32N2O5S/c1-5-6-12-39-24-9-7-8-21(17-24)29-27(30(36)22-10-11-25-23(16-22)15-20(4)40-25)31(37)32(38)35(29)33-34-28-19(3)13-18(2)14-26(28)41-33/h7-11,13-14,16-17,20,29,36H,5-6,12,15H2,1-4H3/b30-27+/t20-,29-/m0/s1. The van der Waals surface area contributed by atoms with E-state index in [1.54, 1.807) is 12.1 Å². The van der Waals surface area contributed by atoms with Crippen LogP contribution in [0, 0.1) is 13.8 Å². The molecule has 2 atom stereocenters. The average Bonchev–Trinajstić information content (AvgIpc) is 3.61. The summed E-state index contributed by atoms with van der Waals surface area (Å²) in [7, 11) is 0. The number of nitrogens with zero attached hydrogens (tertiary/aromatic N) is 2. The number of ketones is 1. The van der Waals surface area contributed by atoms with E-state index >= 15 is 0 Å². The molecule has 1 aromatic heterocycles. The number of aliphatic hydroxyl groups excluding tert-OH is 1. The van der Waals surface area contributed by atoms with Gasteiger partial charge in [0, 0.05) is 12.0 Å². The zero-order valence-electron chi connectivity index (χ0n) is 23.6. The molecule has 3 heterocycles. The van der Waals surface area contributed by atoms with E-state index in [4.69, 9.17) is 14.5 Å². The van der Waals surface area contributed by atoms with E-state index in [9.17, 15) is 14.7 Å². The number of unbranched alkanes of at least 4 members (excludes halogenated alkanes) is 1. The first-order chi connectivity index (χ1) is 19.7. The lowest BCUT2D eigenvalue weighted by Crippen LogP contribution is -2.29. The molecule has 1 saturated heterocycles. The number of benzene rings is 3. The van der Waals surface area contributed by atoms with Crippen LogP contribution in [0.4, 0.5) is 5.13 Å². The Morgan fingerprint density at radius 2 is 1.98 bits per heavy atom. The van der Waals surface area contributed by atoms with Crippen LogP contribution in [0.1, 0.15) is 60.5 Å². The van der Waals surface area contributed by atoms with E-state index < -0.39 is 17.7 Å². The van der Waals surface area contributed by atoms with Gasteiger partial charge in [0.25, 0.3) is 5.78 Å². The highest BCUT2D eigenvalue weighted by atomic mass is 32.1. The van der Waals surface area contributed by atoms with Crippen molar-refractivity contribution in [1.82, 2.24) is 4.98 Å². The number of ether oxygens (including phenoxy) is 2. The second-order valence-corrected chi connectivity index (χ2v) is 11.8. The van der Waals surface area contributed by atoms with Crippen molar-refractivity contribution in [2.75, 3.05) is 11.5 Å². The highest BCUT2D eigenvalue weighted by Gasteiger charge is 2.48. The van der Waals surface area contributed by atoms with Crippen LogP contribution < -0.4 is 14.4 Å². The largest absolute Gasteiger partial charge is 0.507 e. The smallest absolute Gasteiger partial charge is 0.301 e. The number of hydrogen-bond donors (Lipinski definition) is 1. The van der Waals surface area contributed by atoms with Crippen molar-refractivity contribution in [1.29, 1.82) is 0 Å². The maximum atomic E-state index is 13.7. The van der Waals surface area contributed by atoms with Crippen molar-refractivity contribution in [2.45, 2.75) is 59.1 Å². The van der Waals surface area contributed by atoms with Gasteiger partial charge in [0.05, 0.1) is 28.4 Å². The fraction of sp³-hybridized carbons (Fsp3) is 0.303. The SMILES string of the molecule is CCCCOc1cccc([C@H]2/C(=C(\O)c3ccc4c(c3)C[C@H](C)O4)C(=O)C(=O)N2c2nc3c(C)cc(C)cc3s2)c1. The summed E-state index contributed by atoms with van der Waals surface area (Å²) in [6, 6.07) is 16.0. The Bertz CT molecular complexity index is 1720. The second kappa shape index (κ2) is 10.7. The summed E-state index contributed by atoms with van der Waals surface area (Å²) in [5.41, 5.74) is 4.99. The summed E-state index contributed by atoms with van der Waals surface area (Å²) >= 11 is 1.36. The highest BCUT2D eigenvalue weighted by molar-refractivity contribution is 7.22. The maximum absolute atomic E-state index is 13.7. The first-order valence-electron chi connectivity index (χ1n) is 14.0. The number of hydrogen-bond acceptors (Lipinski definition) is 7. The van der Waals surface area contributed by atoms with Crippen molar-refractivity contribution < 1.29 is 24.2 Å². The summed E-state index contributed by atoms with van der Waals surface area (Å²) < 4.78 is 12.7. The van der Waals surface area contributed by atoms with Crippen LogP contribution >= 0.6 is 11.3 Å². The molecule has 7 nitrogen and oxygen atoms in total. The Hall–Kier alpha value is -4.17. The molecule has 1 fully saturated rings. The molecule has 1 amide bonds. The lowest BCUT2D eigenvalue weighted by atomic mass is 9.94. The third-order valence-corrected chi connectivity index (χ3v) is 8.58. The molecule has 2 aliphatic rings. The first kappa shape index (κ1) is 27.0. The molecular weight excluding hydrogens is 536 g/mol. The number of thiazole rings is 1. The van der Waals surface area contributed by atoms with Crippen LogP contribution in [0.5, 0.6) is 11.5 Å². The Kier molecular flexibility index (Phi) is 7.03. The third-order valence-electron chi connectivity index (χ3n) is 7.58. The molecule has 0 aliphatic carbocycles. The van der Waals surface area contributed by atoms with Gasteiger partial charge >= 0.3 is 5.91 Å². The van der Waals surface area contributed by atoms with Crippen molar-refractivity contribution in [3.63, 3.8) is 0 Å². The lowest BCUT2D eigenvalue weighted by molar-refractivity contribution is -0.132. The first-order valence-corrected chi connectivity index (χ1v) is 14.8. The molecule has 0 saturated carbocycles. The lowest BCUT2D eigenvalue weighted by Gasteiger charge is -2.23. The third kappa shape index (κ3) is 4.86. The van der Waals surface area contributed by atoms with Gasteiger partial charge in [0.15, 0.2) is 5.13 Å². The Labute approximate surface area is 243 Å². The number of aliphatic hydroxyl groups is 1. The van der Waals surface area contributed by atoms with Crippen LogP contribution in [0.2, 0.25) is 0 Å². The number of aromatic nitrogens is 1. The van der Waals surface area contributed by atoms with Crippen LogP contribution in [0.15, 0.2) is 60.2 Å². The predicted octanol–water partition coefficient (Wildman–Crippen LogP) is 7.04. The molecule has 210 valence electrons. The van der Waals surface area contributed by atoms with Gasteiger partial charge in [0.1, 0.15) is 23.4 Å². The minimum atomic E-state index is -0.880. The van der Waals surface area contributed by atoms with Crippen LogP contribution in [-0.2, 0) is 16.0 Å². The van der Waals surface area contributed by atoms with E-state index in [0.29, 0.717) is 35.0 Å². The Morgan fingerprint density at radius 3 is 2.78 bits per heavy atom. The van der Waals surface area contributed by atoms with Gasteiger partial charge in [-0.15, -0.1) is 0 Å². The number of fused-ring (bicyclic) bond motifs is 2. The minimum Gasteiger partial charge on any atom is -0.507 e. The van der Waals surface area contributed by atoms with Crippen molar-refractivity contribution >= 4 is 44.1 Å². The van der Waals surface area contributed by atoms with E-state index in [-0.39, 0.29) is 17.4 Å². The summed E-state index contributed by atoms with van der Waals surface area (Å²) in [5, 5.41) is 12.1. The fourth-order valence-electron chi connectivity index (χ4n) is 5.64. The molecule has 0 radical (unpaired) electrons. The fourth-order valence-corrected chi connectivity index (χ4v) is 6.81. The normalized spacial score (nSPS) is 19.6. The monoisotopic (exact) mass is 568 g/mol. The Morgan fingerprint density at radius 1 is 1.15 bits per heavy atom. The zero-order chi connectivity index (χ0) is 28.8. The second-order valence-electron chi connectivity index (χ2n) is 10.8. The number of carbonyl (C=O) groups is 2. The molecule has 0 bridgehead atoms. The van der Waals surface area contributed by atoms with Gasteiger partial charge in [0.2, 0.25) is 0 Å². The molecule has 1 N–H and O–H groups in total. The van der Waals surface area contributed by atoms with E-state index in [0.717, 1.165) is 45.5 Å². The highest BCUT2D eigenvalue weighted by Crippen LogP contribution is 2.45. The number of aryl methyl sites for hydroxylation is 2. The number of anilines is 1. The molecule has 0 unspecified atom stereocenters. The van der Waals surface area contributed by atoms with Gasteiger partial charge < -0.3 is 14.6 Å². The summed E-state index contributed by atoms with van der Waals surface area (Å²) in [6.45, 7) is 8.65. The van der Waals surface area contributed by atoms with Crippen LogP contribution in [0.3, 0.4) is 0 Å². The molecule has 41 heavy (non-hydrogen) atoms. The maximum Gasteiger partial charge on any atom is 0.301 e. The molecule has 4 aromatic rings. The Balaban J connectivity index is 1.51. The van der Waals surface area contributed by atoms with Crippen molar-refractivity contribution in [3.8, 4) is 11.5 Å². The minimum absolute atomic E-state index is 0.0276. The van der Waals surface area contributed by atoms with E-state index in [2.05, 4.69) is 6.92 Å². The summed E-state index contributed by atoms with van der Waals surface area (Å²) in [5.74, 6) is -0.282. The van der Waals surface area contributed by atoms with Gasteiger partial charge in [-0.1, -0.05) is 42.9 Å².